The number of likely N-dealkylation sites (tertiary alicyclic amines) is 1. The lowest BCUT2D eigenvalue weighted by Gasteiger charge is -2.27. The summed E-state index contributed by atoms with van der Waals surface area (Å²) in [4.78, 5) is 27.1. The molecule has 0 unspecified atom stereocenters. The third-order valence-corrected chi connectivity index (χ3v) is 5.53. The Kier molecular flexibility index (Phi) is 6.89. The van der Waals surface area contributed by atoms with Gasteiger partial charge in [0.05, 0.1) is 25.9 Å². The van der Waals surface area contributed by atoms with Crippen molar-refractivity contribution in [3.63, 3.8) is 0 Å². The second-order valence-electron chi connectivity index (χ2n) is 6.55. The Morgan fingerprint density at radius 2 is 1.93 bits per heavy atom. The minimum absolute atomic E-state index is 0.0804. The third kappa shape index (κ3) is 4.82. The lowest BCUT2D eigenvalue weighted by molar-refractivity contribution is -0.136. The Balaban J connectivity index is 1.63. The maximum Gasteiger partial charge on any atom is 0.313 e. The van der Waals surface area contributed by atoms with E-state index in [0.717, 1.165) is 25.9 Å². The van der Waals surface area contributed by atoms with Crippen molar-refractivity contribution in [1.82, 2.24) is 10.2 Å². The zero-order valence-electron chi connectivity index (χ0n) is 16.1. The molecule has 1 aliphatic rings. The second-order valence-corrected chi connectivity index (χ2v) is 7.33. The number of amides is 2. The fourth-order valence-electron chi connectivity index (χ4n) is 3.34. The summed E-state index contributed by atoms with van der Waals surface area (Å²) < 4.78 is 10.4. The minimum Gasteiger partial charge on any atom is -0.497 e. The van der Waals surface area contributed by atoms with Crippen LogP contribution in [0.5, 0.6) is 11.5 Å². The van der Waals surface area contributed by atoms with Crippen molar-refractivity contribution in [3.05, 3.63) is 40.6 Å². The van der Waals surface area contributed by atoms with Crippen LogP contribution in [0.2, 0.25) is 0 Å². The predicted octanol–water partition coefficient (Wildman–Crippen LogP) is 2.66. The number of hydrogen-bond acceptors (Lipinski definition) is 6. The SMILES string of the molecule is COc1ccc(OC)c(NC(=O)C(=O)NC[C@@H](c2ccsc2)N2CCCC2)c1. The molecule has 2 heterocycles. The molecule has 0 aliphatic carbocycles. The van der Waals surface area contributed by atoms with Gasteiger partial charge in [0.15, 0.2) is 0 Å². The van der Waals surface area contributed by atoms with Gasteiger partial charge in [-0.05, 0) is 60.5 Å². The molecule has 28 heavy (non-hydrogen) atoms. The van der Waals surface area contributed by atoms with Gasteiger partial charge >= 0.3 is 11.8 Å². The van der Waals surface area contributed by atoms with Crippen LogP contribution in [0, 0.1) is 0 Å². The van der Waals surface area contributed by atoms with E-state index in [1.165, 1.54) is 19.8 Å². The third-order valence-electron chi connectivity index (χ3n) is 4.83. The number of thiophene rings is 1. The number of anilines is 1. The highest BCUT2D eigenvalue weighted by atomic mass is 32.1. The van der Waals surface area contributed by atoms with E-state index in [1.807, 2.05) is 5.38 Å². The molecule has 2 amide bonds. The lowest BCUT2D eigenvalue weighted by atomic mass is 10.1. The molecule has 8 heteroatoms. The smallest absolute Gasteiger partial charge is 0.313 e. The average molecular weight is 404 g/mol. The largest absolute Gasteiger partial charge is 0.497 e. The van der Waals surface area contributed by atoms with Crippen LogP contribution in [0.3, 0.4) is 0 Å². The number of nitrogens with one attached hydrogen (secondary N) is 2. The molecule has 0 radical (unpaired) electrons. The van der Waals surface area contributed by atoms with E-state index in [9.17, 15) is 9.59 Å². The Labute approximate surface area is 168 Å². The molecular formula is C20H25N3O4S. The number of carbonyl (C=O) groups is 2. The van der Waals surface area contributed by atoms with Crippen molar-refractivity contribution in [3.8, 4) is 11.5 Å². The average Bonchev–Trinajstić information content (AvgIpc) is 3.42. The van der Waals surface area contributed by atoms with E-state index < -0.39 is 11.8 Å². The highest BCUT2D eigenvalue weighted by molar-refractivity contribution is 7.08. The van der Waals surface area contributed by atoms with Gasteiger partial charge in [0, 0.05) is 12.6 Å². The van der Waals surface area contributed by atoms with Crippen LogP contribution in [-0.4, -0.2) is 50.6 Å². The van der Waals surface area contributed by atoms with E-state index in [0.29, 0.717) is 23.7 Å². The molecule has 3 rings (SSSR count). The van der Waals surface area contributed by atoms with Gasteiger partial charge in [0.25, 0.3) is 0 Å². The Hall–Kier alpha value is -2.58. The normalized spacial score (nSPS) is 15.1. The molecule has 7 nitrogen and oxygen atoms in total. The summed E-state index contributed by atoms with van der Waals surface area (Å²) in [6, 6.07) is 7.16. The monoisotopic (exact) mass is 403 g/mol. The first-order valence-electron chi connectivity index (χ1n) is 9.19. The standard InChI is InChI=1S/C20H25N3O4S/c1-26-15-5-6-18(27-2)16(11-15)22-20(25)19(24)21-12-17(14-7-10-28-13-14)23-8-3-4-9-23/h5-7,10-11,13,17H,3-4,8-9,12H2,1-2H3,(H,21,24)(H,22,25)/t17-/m0/s1. The highest BCUT2D eigenvalue weighted by Crippen LogP contribution is 2.29. The summed E-state index contributed by atoms with van der Waals surface area (Å²) in [7, 11) is 3.03. The highest BCUT2D eigenvalue weighted by Gasteiger charge is 2.25. The van der Waals surface area contributed by atoms with E-state index in [1.54, 1.807) is 29.5 Å². The van der Waals surface area contributed by atoms with Gasteiger partial charge in [0.2, 0.25) is 0 Å². The summed E-state index contributed by atoms with van der Waals surface area (Å²) in [6.07, 6.45) is 2.31. The first-order chi connectivity index (χ1) is 13.6. The summed E-state index contributed by atoms with van der Waals surface area (Å²) in [5.74, 6) is -0.403. The Morgan fingerprint density at radius 1 is 1.14 bits per heavy atom. The summed E-state index contributed by atoms with van der Waals surface area (Å²) >= 11 is 1.63. The molecular weight excluding hydrogens is 378 g/mol. The molecule has 1 aromatic carbocycles. The number of rotatable bonds is 7. The summed E-state index contributed by atoms with van der Waals surface area (Å²) in [6.45, 7) is 2.39. The zero-order valence-corrected chi connectivity index (χ0v) is 16.9. The molecule has 150 valence electrons. The molecule has 1 aromatic heterocycles. The zero-order chi connectivity index (χ0) is 19.9. The predicted molar refractivity (Wildman–Crippen MR) is 109 cm³/mol. The fraction of sp³-hybridized carbons (Fsp3) is 0.400. The van der Waals surface area contributed by atoms with Gasteiger partial charge in [-0.25, -0.2) is 0 Å². The van der Waals surface area contributed by atoms with Crippen molar-refractivity contribution in [2.24, 2.45) is 0 Å². The molecule has 1 saturated heterocycles. The minimum atomic E-state index is -0.739. The first kappa shape index (κ1) is 20.2. The van der Waals surface area contributed by atoms with Gasteiger partial charge in [-0.2, -0.15) is 11.3 Å². The van der Waals surface area contributed by atoms with Crippen molar-refractivity contribution in [1.29, 1.82) is 0 Å². The maximum atomic E-state index is 12.4. The van der Waals surface area contributed by atoms with E-state index in [4.69, 9.17) is 9.47 Å². The summed E-state index contributed by atoms with van der Waals surface area (Å²) in [5.41, 5.74) is 1.55. The number of benzene rings is 1. The van der Waals surface area contributed by atoms with Gasteiger partial charge in [-0.1, -0.05) is 0 Å². The number of hydrogen-bond donors (Lipinski definition) is 2. The Bertz CT molecular complexity index is 804. The maximum absolute atomic E-state index is 12.4. The quantitative estimate of drug-likeness (QED) is 0.695. The van der Waals surface area contributed by atoms with Gasteiger partial charge < -0.3 is 20.1 Å². The fourth-order valence-corrected chi connectivity index (χ4v) is 4.04. The molecule has 1 aliphatic heterocycles. The van der Waals surface area contributed by atoms with Crippen molar-refractivity contribution < 1.29 is 19.1 Å². The molecule has 1 atom stereocenters. The van der Waals surface area contributed by atoms with Crippen LogP contribution in [-0.2, 0) is 9.59 Å². The van der Waals surface area contributed by atoms with Crippen LogP contribution in [0.15, 0.2) is 35.0 Å². The number of ether oxygens (including phenoxy) is 2. The lowest BCUT2D eigenvalue weighted by Crippen LogP contribution is -2.41. The molecule has 2 aromatic rings. The number of methoxy groups -OCH3 is 2. The van der Waals surface area contributed by atoms with Crippen LogP contribution < -0.4 is 20.1 Å². The van der Waals surface area contributed by atoms with Crippen LogP contribution >= 0.6 is 11.3 Å². The topological polar surface area (TPSA) is 79.9 Å². The van der Waals surface area contributed by atoms with E-state index in [-0.39, 0.29) is 6.04 Å². The van der Waals surface area contributed by atoms with Crippen molar-refractivity contribution in [2.45, 2.75) is 18.9 Å². The second kappa shape index (κ2) is 9.57. The molecule has 0 spiro atoms. The number of carbonyl (C=O) groups excluding carboxylic acids is 2. The molecule has 0 bridgehead atoms. The molecule has 0 saturated carbocycles. The van der Waals surface area contributed by atoms with Crippen LogP contribution in [0.4, 0.5) is 5.69 Å². The summed E-state index contributed by atoms with van der Waals surface area (Å²) in [5, 5.41) is 9.49. The van der Waals surface area contributed by atoms with Gasteiger partial charge in [-0.15, -0.1) is 0 Å². The van der Waals surface area contributed by atoms with E-state index >= 15 is 0 Å². The Morgan fingerprint density at radius 3 is 2.57 bits per heavy atom. The van der Waals surface area contributed by atoms with Crippen molar-refractivity contribution >= 4 is 28.8 Å². The number of nitrogens with zero attached hydrogens (tertiary/aromatic N) is 1. The molecule has 1 fully saturated rings. The van der Waals surface area contributed by atoms with Gasteiger partial charge in [-0.3, -0.25) is 14.5 Å². The van der Waals surface area contributed by atoms with E-state index in [2.05, 4.69) is 27.0 Å². The van der Waals surface area contributed by atoms with Crippen LogP contribution in [0.25, 0.3) is 0 Å². The van der Waals surface area contributed by atoms with Crippen LogP contribution in [0.1, 0.15) is 24.4 Å². The van der Waals surface area contributed by atoms with Crippen molar-refractivity contribution in [2.75, 3.05) is 39.2 Å². The molecule has 2 N–H and O–H groups in total. The van der Waals surface area contributed by atoms with Gasteiger partial charge in [0.1, 0.15) is 11.5 Å². The first-order valence-corrected chi connectivity index (χ1v) is 10.1.